The monoisotopic (exact) mass is 206 g/mol. The molecule has 4 atom stereocenters. The molecule has 0 radical (unpaired) electrons. The van der Waals surface area contributed by atoms with E-state index in [2.05, 4.69) is 12.2 Å². The Bertz CT molecular complexity index is 320. The number of ether oxygens (including phenoxy) is 1. The van der Waals surface area contributed by atoms with Crippen molar-refractivity contribution in [2.24, 2.45) is 17.3 Å². The number of rotatable bonds is 1. The number of allylic oxidation sites excluding steroid dienone is 2. The van der Waals surface area contributed by atoms with Crippen LogP contribution in [-0.2, 0) is 9.53 Å². The maximum Gasteiger partial charge on any atom is 0.302 e. The van der Waals surface area contributed by atoms with Crippen molar-refractivity contribution in [1.82, 2.24) is 0 Å². The molecule has 2 fully saturated rings. The molecule has 0 saturated heterocycles. The van der Waals surface area contributed by atoms with Gasteiger partial charge in [-0.05, 0) is 43.9 Å². The lowest BCUT2D eigenvalue weighted by molar-refractivity contribution is -0.153. The van der Waals surface area contributed by atoms with Crippen LogP contribution in [0.4, 0.5) is 0 Å². The fourth-order valence-corrected chi connectivity index (χ4v) is 4.23. The highest BCUT2D eigenvalue weighted by atomic mass is 16.5. The van der Waals surface area contributed by atoms with Gasteiger partial charge in [0.05, 0.1) is 0 Å². The van der Waals surface area contributed by atoms with Crippen molar-refractivity contribution in [3.8, 4) is 0 Å². The average Bonchev–Trinajstić information content (AvgIpc) is 2.70. The lowest BCUT2D eigenvalue weighted by atomic mass is 9.70. The molecule has 0 aromatic carbocycles. The van der Waals surface area contributed by atoms with Gasteiger partial charge in [0.1, 0.15) is 6.10 Å². The van der Waals surface area contributed by atoms with E-state index in [4.69, 9.17) is 4.74 Å². The Kier molecular flexibility index (Phi) is 1.95. The second kappa shape index (κ2) is 3.10. The van der Waals surface area contributed by atoms with Crippen molar-refractivity contribution in [2.45, 2.75) is 45.1 Å². The number of esters is 1. The summed E-state index contributed by atoms with van der Waals surface area (Å²) in [7, 11) is 0. The summed E-state index contributed by atoms with van der Waals surface area (Å²) in [6.45, 7) is 1.54. The van der Waals surface area contributed by atoms with Crippen molar-refractivity contribution in [1.29, 1.82) is 0 Å². The van der Waals surface area contributed by atoms with E-state index in [1.807, 2.05) is 0 Å². The topological polar surface area (TPSA) is 26.3 Å². The molecule has 2 nitrogen and oxygen atoms in total. The minimum absolute atomic E-state index is 0.102. The van der Waals surface area contributed by atoms with Crippen LogP contribution in [-0.4, -0.2) is 12.1 Å². The summed E-state index contributed by atoms with van der Waals surface area (Å²) in [6.07, 6.45) is 10.9. The van der Waals surface area contributed by atoms with Gasteiger partial charge in [-0.15, -0.1) is 0 Å². The second-order valence-corrected chi connectivity index (χ2v) is 5.38. The molecule has 82 valence electrons. The molecule has 0 amide bonds. The zero-order valence-corrected chi connectivity index (χ0v) is 9.24. The Labute approximate surface area is 90.7 Å². The highest BCUT2D eigenvalue weighted by molar-refractivity contribution is 5.66. The van der Waals surface area contributed by atoms with Crippen LogP contribution in [0.2, 0.25) is 0 Å². The van der Waals surface area contributed by atoms with Crippen molar-refractivity contribution in [3.05, 3.63) is 12.2 Å². The van der Waals surface area contributed by atoms with E-state index >= 15 is 0 Å². The van der Waals surface area contributed by atoms with Gasteiger partial charge in [0, 0.05) is 12.3 Å². The highest BCUT2D eigenvalue weighted by Crippen LogP contribution is 2.63. The predicted octanol–water partition coefficient (Wildman–Crippen LogP) is 2.68. The first-order valence-corrected chi connectivity index (χ1v) is 6.04. The van der Waals surface area contributed by atoms with Gasteiger partial charge in [-0.2, -0.15) is 0 Å². The summed E-state index contributed by atoms with van der Waals surface area (Å²) in [5.74, 6) is 1.52. The minimum Gasteiger partial charge on any atom is -0.462 e. The number of hydrogen-bond donors (Lipinski definition) is 0. The lowest BCUT2D eigenvalue weighted by Gasteiger charge is -2.38. The minimum atomic E-state index is -0.102. The number of carbonyl (C=O) groups excluding carboxylic acids is 1. The first kappa shape index (κ1) is 9.44. The van der Waals surface area contributed by atoms with Gasteiger partial charge in [0.2, 0.25) is 0 Å². The Hall–Kier alpha value is -0.790. The van der Waals surface area contributed by atoms with Gasteiger partial charge in [-0.1, -0.05) is 12.2 Å². The molecular formula is C13H18O2. The Morgan fingerprint density at radius 3 is 3.13 bits per heavy atom. The summed E-state index contributed by atoms with van der Waals surface area (Å²) >= 11 is 0. The lowest BCUT2D eigenvalue weighted by Crippen LogP contribution is -2.37. The van der Waals surface area contributed by atoms with Gasteiger partial charge in [0.25, 0.3) is 0 Å². The zero-order valence-electron chi connectivity index (χ0n) is 9.24. The molecule has 0 spiro atoms. The van der Waals surface area contributed by atoms with Gasteiger partial charge in [-0.25, -0.2) is 0 Å². The fraction of sp³-hybridized carbons (Fsp3) is 0.769. The van der Waals surface area contributed by atoms with E-state index in [1.165, 1.54) is 26.2 Å². The maximum atomic E-state index is 11.1. The SMILES string of the molecule is CC(=O)O[C@H]1C[C@@H]2CC[C@]13CC=CC[C@H]23. The molecule has 2 saturated carbocycles. The molecule has 3 rings (SSSR count). The predicted molar refractivity (Wildman–Crippen MR) is 57.2 cm³/mol. The van der Waals surface area contributed by atoms with E-state index < -0.39 is 0 Å². The largest absolute Gasteiger partial charge is 0.462 e. The highest BCUT2D eigenvalue weighted by Gasteiger charge is 2.60. The van der Waals surface area contributed by atoms with E-state index in [0.29, 0.717) is 5.41 Å². The van der Waals surface area contributed by atoms with Crippen LogP contribution < -0.4 is 0 Å². The molecular weight excluding hydrogens is 188 g/mol. The second-order valence-electron chi connectivity index (χ2n) is 5.38. The molecule has 0 unspecified atom stereocenters. The normalized spacial score (nSPS) is 46.6. The van der Waals surface area contributed by atoms with Crippen LogP contribution in [0.15, 0.2) is 12.2 Å². The third-order valence-electron chi connectivity index (χ3n) is 4.81. The third-order valence-corrected chi connectivity index (χ3v) is 4.81. The summed E-state index contributed by atoms with van der Waals surface area (Å²) < 4.78 is 5.53. The quantitative estimate of drug-likeness (QED) is 0.487. The number of carbonyl (C=O) groups is 1. The van der Waals surface area contributed by atoms with E-state index in [-0.39, 0.29) is 12.1 Å². The first-order chi connectivity index (χ1) is 7.22. The molecule has 0 N–H and O–H groups in total. The third kappa shape index (κ3) is 1.20. The van der Waals surface area contributed by atoms with E-state index in [1.54, 1.807) is 0 Å². The Morgan fingerprint density at radius 2 is 2.33 bits per heavy atom. The Morgan fingerprint density at radius 1 is 1.47 bits per heavy atom. The molecule has 0 aliphatic heterocycles. The fourth-order valence-electron chi connectivity index (χ4n) is 4.23. The smallest absolute Gasteiger partial charge is 0.302 e. The van der Waals surface area contributed by atoms with Crippen LogP contribution in [0.3, 0.4) is 0 Å². The van der Waals surface area contributed by atoms with Crippen LogP contribution in [0.5, 0.6) is 0 Å². The Balaban J connectivity index is 1.88. The van der Waals surface area contributed by atoms with Crippen molar-refractivity contribution in [3.63, 3.8) is 0 Å². The summed E-state index contributed by atoms with van der Waals surface area (Å²) in [5, 5.41) is 0. The van der Waals surface area contributed by atoms with Gasteiger partial charge in [-0.3, -0.25) is 4.79 Å². The number of hydrogen-bond acceptors (Lipinski definition) is 2. The maximum absolute atomic E-state index is 11.1. The van der Waals surface area contributed by atoms with Crippen molar-refractivity contribution < 1.29 is 9.53 Å². The van der Waals surface area contributed by atoms with E-state index in [0.717, 1.165) is 24.7 Å². The van der Waals surface area contributed by atoms with Crippen molar-refractivity contribution >= 4 is 5.97 Å². The van der Waals surface area contributed by atoms with E-state index in [9.17, 15) is 4.79 Å². The average molecular weight is 206 g/mol. The summed E-state index contributed by atoms with van der Waals surface area (Å²) in [4.78, 5) is 11.1. The first-order valence-electron chi connectivity index (χ1n) is 6.04. The molecule has 2 bridgehead atoms. The zero-order chi connectivity index (χ0) is 10.5. The standard InChI is InChI=1S/C13H18O2/c1-9(14)15-12-8-10-5-7-13(12)6-3-2-4-11(10)13/h2-3,10-12H,4-8H2,1H3/t10-,11+,12-,13-/m0/s1. The van der Waals surface area contributed by atoms with Gasteiger partial charge in [0.15, 0.2) is 0 Å². The molecule has 2 heteroatoms. The van der Waals surface area contributed by atoms with Crippen LogP contribution in [0, 0.1) is 17.3 Å². The molecule has 3 aliphatic rings. The van der Waals surface area contributed by atoms with Gasteiger partial charge < -0.3 is 4.74 Å². The molecule has 0 heterocycles. The van der Waals surface area contributed by atoms with Crippen LogP contribution in [0.25, 0.3) is 0 Å². The van der Waals surface area contributed by atoms with Crippen molar-refractivity contribution in [2.75, 3.05) is 0 Å². The molecule has 3 aliphatic carbocycles. The molecule has 0 aromatic rings. The molecule has 0 aromatic heterocycles. The summed E-state index contributed by atoms with van der Waals surface area (Å²) in [6, 6.07) is 0. The molecule has 15 heavy (non-hydrogen) atoms. The van der Waals surface area contributed by atoms with Gasteiger partial charge >= 0.3 is 5.97 Å². The van der Waals surface area contributed by atoms with Crippen LogP contribution in [0.1, 0.15) is 39.0 Å². The summed E-state index contributed by atoms with van der Waals surface area (Å²) in [5.41, 5.74) is 0.324. The van der Waals surface area contributed by atoms with Crippen LogP contribution >= 0.6 is 0 Å².